The number of hydrogen-bond acceptors (Lipinski definition) is 4. The van der Waals surface area contributed by atoms with Crippen molar-refractivity contribution in [3.63, 3.8) is 0 Å². The van der Waals surface area contributed by atoms with Gasteiger partial charge < -0.3 is 20.2 Å². The molecule has 0 unspecified atom stereocenters. The predicted molar refractivity (Wildman–Crippen MR) is 89.8 cm³/mol. The van der Waals surface area contributed by atoms with Crippen LogP contribution in [0.4, 0.5) is 4.79 Å². The van der Waals surface area contributed by atoms with Gasteiger partial charge in [-0.3, -0.25) is 0 Å². The number of carbonyl (C=O) groups is 1. The van der Waals surface area contributed by atoms with E-state index in [4.69, 9.17) is 9.57 Å². The van der Waals surface area contributed by atoms with Crippen LogP contribution in [0.25, 0.3) is 10.9 Å². The zero-order valence-corrected chi connectivity index (χ0v) is 13.4. The van der Waals surface area contributed by atoms with Crippen LogP contribution in [-0.2, 0) is 0 Å². The highest BCUT2D eigenvalue weighted by molar-refractivity contribution is 7.80. The van der Waals surface area contributed by atoms with Crippen molar-refractivity contribution < 1.29 is 14.4 Å². The number of nitrogens with zero attached hydrogens (tertiary/aromatic N) is 1. The van der Waals surface area contributed by atoms with Crippen molar-refractivity contribution >= 4 is 29.6 Å². The summed E-state index contributed by atoms with van der Waals surface area (Å²) in [5.41, 5.74) is 0.962. The topological polar surface area (TPSA) is 64.5 Å². The second kappa shape index (κ2) is 8.43. The van der Waals surface area contributed by atoms with Crippen LogP contribution in [0.1, 0.15) is 6.42 Å². The Morgan fingerprint density at radius 3 is 2.82 bits per heavy atom. The van der Waals surface area contributed by atoms with Crippen molar-refractivity contribution in [1.82, 2.24) is 15.4 Å². The number of fused-ring (bicyclic) bond motifs is 1. The number of aromatic nitrogens is 1. The van der Waals surface area contributed by atoms with Crippen molar-refractivity contribution in [2.24, 2.45) is 0 Å². The van der Waals surface area contributed by atoms with Crippen LogP contribution in [0.2, 0.25) is 0 Å². The van der Waals surface area contributed by atoms with Gasteiger partial charge in [-0.25, -0.2) is 4.79 Å². The van der Waals surface area contributed by atoms with Gasteiger partial charge in [-0.2, -0.15) is 17.4 Å². The van der Waals surface area contributed by atoms with Crippen LogP contribution >= 0.6 is 12.6 Å². The van der Waals surface area contributed by atoms with Gasteiger partial charge in [0.1, 0.15) is 12.9 Å². The summed E-state index contributed by atoms with van der Waals surface area (Å²) in [6.07, 6.45) is 2.54. The smallest absolute Gasteiger partial charge is 0.314 e. The number of hydrogen-bond donors (Lipinski definition) is 3. The molecule has 0 aliphatic carbocycles. The van der Waals surface area contributed by atoms with E-state index in [9.17, 15) is 4.79 Å². The Morgan fingerprint density at radius 1 is 1.27 bits per heavy atom. The first-order valence-electron chi connectivity index (χ1n) is 7.16. The molecule has 6 nitrogen and oxygen atoms in total. The number of carbonyl (C=O) groups excluding carboxylic acids is 1. The van der Waals surface area contributed by atoms with E-state index in [2.05, 4.69) is 23.3 Å². The highest BCUT2D eigenvalue weighted by Gasteiger charge is 2.09. The Labute approximate surface area is 135 Å². The lowest BCUT2D eigenvalue weighted by molar-refractivity contribution is 0.176. The zero-order valence-electron chi connectivity index (χ0n) is 12.5. The summed E-state index contributed by atoms with van der Waals surface area (Å²) in [4.78, 5) is 16.6. The molecule has 0 radical (unpaired) electrons. The molecule has 0 aliphatic rings. The third-order valence-corrected chi connectivity index (χ3v) is 3.32. The number of nitrogens with one attached hydrogen (secondary N) is 2. The molecule has 2 amide bonds. The van der Waals surface area contributed by atoms with E-state index in [1.165, 1.54) is 0 Å². The lowest BCUT2D eigenvalue weighted by atomic mass is 10.2. The molecule has 22 heavy (non-hydrogen) atoms. The minimum Gasteiger partial charge on any atom is -0.491 e. The summed E-state index contributed by atoms with van der Waals surface area (Å²) in [6.45, 7) is 1.63. The fourth-order valence-corrected chi connectivity index (χ4v) is 2.19. The zero-order chi connectivity index (χ0) is 15.8. The molecule has 0 bridgehead atoms. The maximum Gasteiger partial charge on any atom is 0.314 e. The normalized spacial score (nSPS) is 10.5. The molecule has 0 fully saturated rings. The van der Waals surface area contributed by atoms with Crippen LogP contribution in [-0.4, -0.2) is 43.3 Å². The molecular weight excluding hydrogens is 302 g/mol. The second-order valence-electron chi connectivity index (χ2n) is 4.63. The van der Waals surface area contributed by atoms with Gasteiger partial charge >= 0.3 is 6.03 Å². The van der Waals surface area contributed by atoms with E-state index < -0.39 is 0 Å². The molecular formula is C15H21N3O3S. The molecule has 0 spiro atoms. The number of rotatable bonds is 8. The fraction of sp³-hybridized carbons (Fsp3) is 0.400. The summed E-state index contributed by atoms with van der Waals surface area (Å²) in [7, 11) is 1.61. The van der Waals surface area contributed by atoms with E-state index in [-0.39, 0.29) is 6.03 Å². The van der Waals surface area contributed by atoms with Crippen LogP contribution in [0, 0.1) is 0 Å². The fourth-order valence-electron chi connectivity index (χ4n) is 2.07. The number of ether oxygens (including phenoxy) is 1. The molecule has 0 aliphatic heterocycles. The number of thiol groups is 1. The van der Waals surface area contributed by atoms with Gasteiger partial charge in [0.25, 0.3) is 0 Å². The van der Waals surface area contributed by atoms with Gasteiger partial charge in [0.15, 0.2) is 0 Å². The molecule has 0 atom stereocenters. The van der Waals surface area contributed by atoms with Crippen molar-refractivity contribution in [2.45, 2.75) is 6.42 Å². The Hall–Kier alpha value is -2.02. The van der Waals surface area contributed by atoms with Gasteiger partial charge in [0.05, 0.1) is 18.3 Å². The minimum absolute atomic E-state index is 0.176. The maximum absolute atomic E-state index is 11.3. The van der Waals surface area contributed by atoms with E-state index in [1.807, 2.05) is 30.5 Å². The first kappa shape index (κ1) is 16.4. The Morgan fingerprint density at radius 2 is 2.05 bits per heavy atom. The highest BCUT2D eigenvalue weighted by Crippen LogP contribution is 2.27. The van der Waals surface area contributed by atoms with E-state index in [1.54, 1.807) is 11.8 Å². The molecule has 2 rings (SSSR count). The molecule has 1 heterocycles. The lowest BCUT2D eigenvalue weighted by Crippen LogP contribution is -2.37. The van der Waals surface area contributed by atoms with Gasteiger partial charge in [-0.1, -0.05) is 12.1 Å². The summed E-state index contributed by atoms with van der Waals surface area (Å²) in [5, 5.41) is 6.46. The Bertz CT molecular complexity index is 615. The van der Waals surface area contributed by atoms with E-state index in [0.717, 1.165) is 23.1 Å². The van der Waals surface area contributed by atoms with Gasteiger partial charge in [0, 0.05) is 24.2 Å². The van der Waals surface area contributed by atoms with Crippen LogP contribution < -0.4 is 20.2 Å². The minimum atomic E-state index is -0.176. The summed E-state index contributed by atoms with van der Waals surface area (Å²) in [6, 6.07) is 7.70. The summed E-state index contributed by atoms with van der Waals surface area (Å²) >= 11 is 4.02. The van der Waals surface area contributed by atoms with Crippen molar-refractivity contribution in [1.29, 1.82) is 0 Å². The summed E-state index contributed by atoms with van der Waals surface area (Å²) < 4.78 is 7.45. The van der Waals surface area contributed by atoms with Gasteiger partial charge in [-0.05, 0) is 18.6 Å². The van der Waals surface area contributed by atoms with Crippen molar-refractivity contribution in [3.05, 3.63) is 30.5 Å². The average Bonchev–Trinajstić information content (AvgIpc) is 2.91. The predicted octanol–water partition coefficient (Wildman–Crippen LogP) is 1.70. The number of amides is 2. The van der Waals surface area contributed by atoms with Crippen molar-refractivity contribution in [2.75, 3.05) is 32.6 Å². The first-order chi connectivity index (χ1) is 10.8. The molecule has 7 heteroatoms. The quantitative estimate of drug-likeness (QED) is 0.512. The van der Waals surface area contributed by atoms with Crippen LogP contribution in [0.5, 0.6) is 5.75 Å². The van der Waals surface area contributed by atoms with Gasteiger partial charge in [0.2, 0.25) is 0 Å². The monoisotopic (exact) mass is 323 g/mol. The first-order valence-corrected chi connectivity index (χ1v) is 7.79. The summed E-state index contributed by atoms with van der Waals surface area (Å²) in [5.74, 6) is 1.40. The lowest BCUT2D eigenvalue weighted by Gasteiger charge is -2.07. The molecule has 2 aromatic rings. The third-order valence-electron chi connectivity index (χ3n) is 3.10. The molecule has 0 saturated carbocycles. The molecule has 0 saturated heterocycles. The standard InChI is InChI=1S/C15H21N3O3S/c1-20-18-11-14(12-5-2-3-6-13(12)18)21-9-4-7-16-15(19)17-8-10-22/h2-3,5-6,11,22H,4,7-10H2,1H3,(H2,16,17,19). The number of urea groups is 1. The second-order valence-corrected chi connectivity index (χ2v) is 5.07. The SMILES string of the molecule is COn1cc(OCCCNC(=O)NCCS)c2ccccc21. The van der Waals surface area contributed by atoms with Gasteiger partial charge in [-0.15, -0.1) is 0 Å². The maximum atomic E-state index is 11.3. The number of benzene rings is 1. The van der Waals surface area contributed by atoms with Crippen LogP contribution in [0.3, 0.4) is 0 Å². The molecule has 1 aromatic carbocycles. The van der Waals surface area contributed by atoms with E-state index in [0.29, 0.717) is 25.4 Å². The highest BCUT2D eigenvalue weighted by atomic mass is 32.1. The average molecular weight is 323 g/mol. The Balaban J connectivity index is 1.79. The molecule has 1 aromatic heterocycles. The van der Waals surface area contributed by atoms with Crippen molar-refractivity contribution in [3.8, 4) is 5.75 Å². The molecule has 120 valence electrons. The Kier molecular flexibility index (Phi) is 6.27. The largest absolute Gasteiger partial charge is 0.491 e. The molecule has 2 N–H and O–H groups in total. The van der Waals surface area contributed by atoms with E-state index >= 15 is 0 Å². The third kappa shape index (κ3) is 4.24. The number of para-hydroxylation sites is 1. The van der Waals surface area contributed by atoms with Crippen LogP contribution in [0.15, 0.2) is 30.5 Å².